The molecule has 1 aromatic rings. The monoisotopic (exact) mass is 251 g/mol. The predicted octanol–water partition coefficient (Wildman–Crippen LogP) is 2.58. The summed E-state index contributed by atoms with van der Waals surface area (Å²) in [6.45, 7) is -0.377. The molecule has 0 radical (unpaired) electrons. The van der Waals surface area contributed by atoms with Crippen LogP contribution >= 0.6 is 0 Å². The third-order valence-electron chi connectivity index (χ3n) is 2.31. The highest BCUT2D eigenvalue weighted by molar-refractivity contribution is 5.48. The van der Waals surface area contributed by atoms with Gasteiger partial charge in [0.25, 0.3) is 0 Å². The summed E-state index contributed by atoms with van der Waals surface area (Å²) in [6.07, 6.45) is -4.45. The Morgan fingerprint density at radius 2 is 1.88 bits per heavy atom. The van der Waals surface area contributed by atoms with E-state index >= 15 is 0 Å². The number of nitrogens with zero attached hydrogens (tertiary/aromatic N) is 1. The average molecular weight is 251 g/mol. The van der Waals surface area contributed by atoms with E-state index in [4.69, 9.17) is 5.11 Å². The van der Waals surface area contributed by atoms with Crippen LogP contribution in [0.15, 0.2) is 24.3 Å². The molecule has 1 atom stereocenters. The molecular weight excluding hydrogens is 238 g/mol. The molecule has 1 rings (SSSR count). The Bertz CT molecular complexity index is 367. The van der Waals surface area contributed by atoms with Crippen molar-refractivity contribution in [1.29, 1.82) is 0 Å². The van der Waals surface area contributed by atoms with Crippen LogP contribution in [0.5, 0.6) is 0 Å². The first kappa shape index (κ1) is 13.8. The van der Waals surface area contributed by atoms with Crippen molar-refractivity contribution in [1.82, 2.24) is 0 Å². The minimum Gasteiger partial charge on any atom is -0.394 e. The van der Waals surface area contributed by atoms with Crippen LogP contribution in [0, 0.1) is 5.82 Å². The summed E-state index contributed by atoms with van der Waals surface area (Å²) in [4.78, 5) is 0.801. The van der Waals surface area contributed by atoms with Crippen LogP contribution in [0.4, 0.5) is 23.2 Å². The van der Waals surface area contributed by atoms with Gasteiger partial charge in [-0.25, -0.2) is 4.39 Å². The number of alkyl halides is 3. The molecule has 0 fully saturated rings. The molecule has 0 aliphatic heterocycles. The maximum atomic E-state index is 13.4. The number of anilines is 1. The highest BCUT2D eigenvalue weighted by atomic mass is 19.4. The summed E-state index contributed by atoms with van der Waals surface area (Å²) in [7, 11) is 0. The topological polar surface area (TPSA) is 23.5 Å². The number of hydrogen-bond acceptors (Lipinski definition) is 2. The van der Waals surface area contributed by atoms with Gasteiger partial charge in [0.2, 0.25) is 0 Å². The zero-order valence-electron chi connectivity index (χ0n) is 9.21. The van der Waals surface area contributed by atoms with Crippen LogP contribution < -0.4 is 4.90 Å². The number of rotatable bonds is 4. The van der Waals surface area contributed by atoms with Crippen molar-refractivity contribution in [2.45, 2.75) is 19.1 Å². The lowest BCUT2D eigenvalue weighted by atomic mass is 10.2. The molecule has 0 aromatic heterocycles. The van der Waals surface area contributed by atoms with E-state index in [0.717, 1.165) is 11.0 Å². The third-order valence-corrected chi connectivity index (χ3v) is 2.31. The summed E-state index contributed by atoms with van der Waals surface area (Å²) >= 11 is 0. The van der Waals surface area contributed by atoms with Gasteiger partial charge in [0.15, 0.2) is 0 Å². The summed E-state index contributed by atoms with van der Waals surface area (Å²) in [5.41, 5.74) is -0.161. The van der Waals surface area contributed by atoms with Crippen LogP contribution in [-0.4, -0.2) is 30.5 Å². The molecule has 17 heavy (non-hydrogen) atoms. The number of hydrogen-bond donors (Lipinski definition) is 1. The van der Waals surface area contributed by atoms with E-state index in [1.54, 1.807) is 0 Å². The van der Waals surface area contributed by atoms with Crippen molar-refractivity contribution >= 4 is 5.69 Å². The first-order valence-corrected chi connectivity index (χ1v) is 5.04. The quantitative estimate of drug-likeness (QED) is 0.831. The first-order valence-electron chi connectivity index (χ1n) is 5.04. The SMILES string of the molecule is C[C@H](CO)N(CC(F)(F)F)c1ccccc1F. The molecule has 1 N–H and O–H groups in total. The van der Waals surface area contributed by atoms with Gasteiger partial charge in [-0.05, 0) is 19.1 Å². The third kappa shape index (κ3) is 3.89. The van der Waals surface area contributed by atoms with E-state index in [2.05, 4.69) is 0 Å². The smallest absolute Gasteiger partial charge is 0.394 e. The van der Waals surface area contributed by atoms with Gasteiger partial charge in [-0.15, -0.1) is 0 Å². The molecule has 6 heteroatoms. The number of benzene rings is 1. The number of aliphatic hydroxyl groups is 1. The molecule has 0 bridgehead atoms. The second kappa shape index (κ2) is 5.35. The molecule has 0 aliphatic rings. The molecular formula is C11H13F4NO. The lowest BCUT2D eigenvalue weighted by molar-refractivity contribution is -0.120. The Kier molecular flexibility index (Phi) is 4.34. The second-order valence-corrected chi connectivity index (χ2v) is 3.73. The molecule has 0 unspecified atom stereocenters. The normalized spacial score (nSPS) is 13.5. The van der Waals surface area contributed by atoms with E-state index in [9.17, 15) is 17.6 Å². The molecule has 0 heterocycles. The Morgan fingerprint density at radius 3 is 2.35 bits per heavy atom. The fourth-order valence-electron chi connectivity index (χ4n) is 1.45. The zero-order chi connectivity index (χ0) is 13.1. The summed E-state index contributed by atoms with van der Waals surface area (Å²) < 4.78 is 50.5. The van der Waals surface area contributed by atoms with Gasteiger partial charge < -0.3 is 10.0 Å². The largest absolute Gasteiger partial charge is 0.405 e. The van der Waals surface area contributed by atoms with Crippen molar-refractivity contribution in [2.75, 3.05) is 18.1 Å². The van der Waals surface area contributed by atoms with Gasteiger partial charge in [-0.3, -0.25) is 0 Å². The van der Waals surface area contributed by atoms with Gasteiger partial charge in [-0.2, -0.15) is 13.2 Å². The molecule has 2 nitrogen and oxygen atoms in total. The fourth-order valence-corrected chi connectivity index (χ4v) is 1.45. The van der Waals surface area contributed by atoms with Crippen molar-refractivity contribution in [3.05, 3.63) is 30.1 Å². The average Bonchev–Trinajstić information content (AvgIpc) is 2.25. The molecule has 0 spiro atoms. The predicted molar refractivity (Wildman–Crippen MR) is 56.3 cm³/mol. The number of halogens is 4. The summed E-state index contributed by atoms with van der Waals surface area (Å²) in [6, 6.07) is 4.38. The van der Waals surface area contributed by atoms with Crippen molar-refractivity contribution < 1.29 is 22.7 Å². The Morgan fingerprint density at radius 1 is 1.29 bits per heavy atom. The molecule has 1 aromatic carbocycles. The highest BCUT2D eigenvalue weighted by Crippen LogP contribution is 2.26. The minimum absolute atomic E-state index is 0.161. The van der Waals surface area contributed by atoms with Gasteiger partial charge in [0, 0.05) is 6.04 Å². The van der Waals surface area contributed by atoms with Crippen molar-refractivity contribution in [3.8, 4) is 0 Å². The lowest BCUT2D eigenvalue weighted by Crippen LogP contribution is -2.42. The molecule has 0 amide bonds. The van der Waals surface area contributed by atoms with E-state index in [1.807, 2.05) is 0 Å². The fraction of sp³-hybridized carbons (Fsp3) is 0.455. The molecule has 0 saturated carbocycles. The van der Waals surface area contributed by atoms with Gasteiger partial charge >= 0.3 is 6.18 Å². The first-order chi connectivity index (χ1) is 7.85. The molecule has 0 saturated heterocycles. The van der Waals surface area contributed by atoms with E-state index in [1.165, 1.54) is 25.1 Å². The van der Waals surface area contributed by atoms with Crippen LogP contribution in [0.1, 0.15) is 6.92 Å². The Balaban J connectivity index is 3.03. The highest BCUT2D eigenvalue weighted by Gasteiger charge is 2.33. The number of para-hydroxylation sites is 1. The second-order valence-electron chi connectivity index (χ2n) is 3.73. The van der Waals surface area contributed by atoms with E-state index < -0.39 is 31.2 Å². The zero-order valence-corrected chi connectivity index (χ0v) is 9.21. The summed E-state index contributed by atoms with van der Waals surface area (Å²) in [5, 5.41) is 8.92. The van der Waals surface area contributed by atoms with Crippen LogP contribution in [-0.2, 0) is 0 Å². The Labute approximate surface area is 96.5 Å². The van der Waals surface area contributed by atoms with Crippen LogP contribution in [0.2, 0.25) is 0 Å². The van der Waals surface area contributed by atoms with Gasteiger partial charge in [0.1, 0.15) is 12.4 Å². The van der Waals surface area contributed by atoms with Crippen molar-refractivity contribution in [3.63, 3.8) is 0 Å². The molecule has 96 valence electrons. The lowest BCUT2D eigenvalue weighted by Gasteiger charge is -2.31. The van der Waals surface area contributed by atoms with Gasteiger partial charge in [-0.1, -0.05) is 12.1 Å². The summed E-state index contributed by atoms with van der Waals surface area (Å²) in [5.74, 6) is -0.739. The number of aliphatic hydroxyl groups excluding tert-OH is 1. The maximum Gasteiger partial charge on any atom is 0.405 e. The maximum absolute atomic E-state index is 13.4. The standard InChI is InChI=1S/C11H13F4NO/c1-8(6-17)16(7-11(13,14)15)10-5-3-2-4-9(10)12/h2-5,8,17H,6-7H2,1H3/t8-/m1/s1. The van der Waals surface area contributed by atoms with Crippen LogP contribution in [0.25, 0.3) is 0 Å². The van der Waals surface area contributed by atoms with E-state index in [0.29, 0.717) is 0 Å². The van der Waals surface area contributed by atoms with Gasteiger partial charge in [0.05, 0.1) is 12.3 Å². The van der Waals surface area contributed by atoms with Crippen LogP contribution in [0.3, 0.4) is 0 Å². The van der Waals surface area contributed by atoms with E-state index in [-0.39, 0.29) is 5.69 Å². The minimum atomic E-state index is -4.45. The van der Waals surface area contributed by atoms with Crippen molar-refractivity contribution in [2.24, 2.45) is 0 Å². The Hall–Kier alpha value is -1.30. The molecule has 0 aliphatic carbocycles.